The molecule has 0 saturated heterocycles. The van der Waals surface area contributed by atoms with E-state index in [1.165, 1.54) is 5.56 Å². The molecule has 0 spiro atoms. The second-order valence-corrected chi connectivity index (χ2v) is 7.25. The Hall–Kier alpha value is -2.03. The molecule has 1 atom stereocenters. The van der Waals surface area contributed by atoms with E-state index in [0.29, 0.717) is 24.4 Å². The van der Waals surface area contributed by atoms with E-state index in [1.807, 2.05) is 26.0 Å². The van der Waals surface area contributed by atoms with Crippen LogP contribution in [0, 0.1) is 11.3 Å². The van der Waals surface area contributed by atoms with E-state index in [0.717, 1.165) is 28.5 Å². The van der Waals surface area contributed by atoms with E-state index in [2.05, 4.69) is 30.4 Å². The van der Waals surface area contributed by atoms with Gasteiger partial charge >= 0.3 is 0 Å². The molecule has 0 unspecified atom stereocenters. The third-order valence-electron chi connectivity index (χ3n) is 4.43. The van der Waals surface area contributed by atoms with Gasteiger partial charge in [-0.25, -0.2) is 0 Å². The molecule has 26 heavy (non-hydrogen) atoms. The summed E-state index contributed by atoms with van der Waals surface area (Å²) in [6.45, 7) is 8.85. The average molecular weight is 371 g/mol. The number of aryl methyl sites for hydroxylation is 1. The normalized spacial score (nSPS) is 17.1. The van der Waals surface area contributed by atoms with Gasteiger partial charge in [-0.1, -0.05) is 31.2 Å². The topological polar surface area (TPSA) is 62.1 Å². The minimum absolute atomic E-state index is 0.00863. The van der Waals surface area contributed by atoms with Crippen molar-refractivity contribution in [3.05, 3.63) is 57.3 Å². The van der Waals surface area contributed by atoms with Gasteiger partial charge in [0.1, 0.15) is 0 Å². The smallest absolute Gasteiger partial charge is 0.158 e. The summed E-state index contributed by atoms with van der Waals surface area (Å²) in [5.74, 6) is 0.427. The molecular weight excluding hydrogens is 344 g/mol. The van der Waals surface area contributed by atoms with Crippen LogP contribution in [0.1, 0.15) is 44.7 Å². The lowest BCUT2D eigenvalue weighted by Crippen LogP contribution is -2.27. The fourth-order valence-corrected chi connectivity index (χ4v) is 4.07. The molecular formula is C21H26N2O2S. The van der Waals surface area contributed by atoms with Crippen LogP contribution in [-0.2, 0) is 16.0 Å². The summed E-state index contributed by atoms with van der Waals surface area (Å²) in [6.07, 6.45) is 0.959. The Morgan fingerprint density at radius 2 is 2.00 bits per heavy atom. The third kappa shape index (κ3) is 4.57. The highest BCUT2D eigenvalue weighted by Crippen LogP contribution is 2.40. The van der Waals surface area contributed by atoms with Gasteiger partial charge in [0.2, 0.25) is 0 Å². The molecule has 0 saturated carbocycles. The lowest BCUT2D eigenvalue weighted by Gasteiger charge is -2.29. The molecule has 1 N–H and O–H groups in total. The van der Waals surface area contributed by atoms with E-state index in [4.69, 9.17) is 4.74 Å². The molecule has 1 aliphatic heterocycles. The van der Waals surface area contributed by atoms with Gasteiger partial charge in [0.05, 0.1) is 29.2 Å². The second kappa shape index (κ2) is 9.61. The molecule has 1 aliphatic rings. The number of carbonyl (C=O) groups is 1. The van der Waals surface area contributed by atoms with Crippen molar-refractivity contribution in [1.29, 1.82) is 5.26 Å². The van der Waals surface area contributed by atoms with Crippen LogP contribution in [0.2, 0.25) is 0 Å². The number of hydrogen-bond donors (Lipinski definition) is 1. The van der Waals surface area contributed by atoms with Gasteiger partial charge in [-0.3, -0.25) is 4.79 Å². The van der Waals surface area contributed by atoms with Gasteiger partial charge in [-0.2, -0.15) is 5.26 Å². The molecule has 1 heterocycles. The van der Waals surface area contributed by atoms with E-state index in [9.17, 15) is 10.1 Å². The number of ketones is 1. The minimum atomic E-state index is -0.320. The Labute approximate surface area is 160 Å². The van der Waals surface area contributed by atoms with Crippen LogP contribution >= 0.6 is 11.8 Å². The number of nitrogens with zero attached hydrogens (tertiary/aromatic N) is 1. The quantitative estimate of drug-likeness (QED) is 0.691. The summed E-state index contributed by atoms with van der Waals surface area (Å²) in [4.78, 5) is 12.3. The molecule has 0 radical (unpaired) electrons. The van der Waals surface area contributed by atoms with E-state index in [1.54, 1.807) is 18.7 Å². The van der Waals surface area contributed by atoms with Crippen molar-refractivity contribution in [2.24, 2.45) is 0 Å². The monoisotopic (exact) mass is 370 g/mol. The molecule has 0 amide bonds. The lowest BCUT2D eigenvalue weighted by atomic mass is 9.81. The zero-order valence-corrected chi connectivity index (χ0v) is 16.7. The molecule has 5 heteroatoms. The van der Waals surface area contributed by atoms with Crippen LogP contribution in [0.4, 0.5) is 0 Å². The minimum Gasteiger partial charge on any atom is -0.381 e. The van der Waals surface area contributed by atoms with Crippen LogP contribution < -0.4 is 5.32 Å². The fourth-order valence-electron chi connectivity index (χ4n) is 3.12. The fraction of sp³-hybridized carbons (Fsp3) is 0.429. The lowest BCUT2D eigenvalue weighted by molar-refractivity contribution is -0.113. The van der Waals surface area contributed by atoms with Crippen LogP contribution in [0.5, 0.6) is 0 Å². The molecule has 2 rings (SSSR count). The number of Topliss-reactive ketones (excluding diaryl/α,β-unsaturated/α-hetero) is 1. The molecule has 0 bridgehead atoms. The standard InChI is InChI=1S/C21H26N2O2S/c1-5-16-7-9-17(10-8-16)20-18(13-22)21(26-12-11-25-6-2)23-14(3)19(20)15(4)24/h7-10,20,23H,5-6,11-12H2,1-4H3/t20-/m0/s1. The van der Waals surface area contributed by atoms with Crippen molar-refractivity contribution in [1.82, 2.24) is 5.32 Å². The summed E-state index contributed by atoms with van der Waals surface area (Å²) >= 11 is 1.57. The largest absolute Gasteiger partial charge is 0.381 e. The van der Waals surface area contributed by atoms with E-state index in [-0.39, 0.29) is 11.7 Å². The molecule has 0 aromatic heterocycles. The first kappa shape index (κ1) is 20.3. The Kier molecular flexibility index (Phi) is 7.50. The summed E-state index contributed by atoms with van der Waals surface area (Å²) in [5.41, 5.74) is 4.31. The summed E-state index contributed by atoms with van der Waals surface area (Å²) in [7, 11) is 0. The second-order valence-electron chi connectivity index (χ2n) is 6.15. The van der Waals surface area contributed by atoms with Crippen molar-refractivity contribution in [3.8, 4) is 6.07 Å². The zero-order chi connectivity index (χ0) is 19.1. The predicted octanol–water partition coefficient (Wildman–Crippen LogP) is 4.30. The van der Waals surface area contributed by atoms with E-state index >= 15 is 0 Å². The van der Waals surface area contributed by atoms with Crippen LogP contribution in [-0.4, -0.2) is 24.7 Å². The molecule has 1 aromatic rings. The van der Waals surface area contributed by atoms with Crippen molar-refractivity contribution in [2.75, 3.05) is 19.0 Å². The maximum absolute atomic E-state index is 12.3. The number of nitriles is 1. The molecule has 4 nitrogen and oxygen atoms in total. The Morgan fingerprint density at radius 1 is 1.31 bits per heavy atom. The first-order valence-corrected chi connectivity index (χ1v) is 9.94. The van der Waals surface area contributed by atoms with Crippen molar-refractivity contribution in [2.45, 2.75) is 40.0 Å². The first-order valence-electron chi connectivity index (χ1n) is 8.95. The summed E-state index contributed by atoms with van der Waals surface area (Å²) in [5, 5.41) is 13.9. The number of dihydropyridines is 1. The van der Waals surface area contributed by atoms with Crippen molar-refractivity contribution >= 4 is 17.5 Å². The average Bonchev–Trinajstić information content (AvgIpc) is 2.64. The zero-order valence-electron chi connectivity index (χ0n) is 15.9. The summed E-state index contributed by atoms with van der Waals surface area (Å²) < 4.78 is 5.40. The van der Waals surface area contributed by atoms with Gasteiger partial charge in [0.15, 0.2) is 5.78 Å². The SMILES string of the molecule is CCOCCSC1=C(C#N)[C@H](c2ccc(CC)cc2)C(C(C)=O)=C(C)N1. The van der Waals surface area contributed by atoms with Crippen molar-refractivity contribution < 1.29 is 9.53 Å². The number of benzene rings is 1. The van der Waals surface area contributed by atoms with E-state index < -0.39 is 0 Å². The molecule has 0 fully saturated rings. The van der Waals surface area contributed by atoms with Gasteiger partial charge in [0.25, 0.3) is 0 Å². The number of hydrogen-bond acceptors (Lipinski definition) is 5. The summed E-state index contributed by atoms with van der Waals surface area (Å²) in [6, 6.07) is 10.6. The number of nitrogens with one attached hydrogen (secondary N) is 1. The number of rotatable bonds is 8. The molecule has 1 aromatic carbocycles. The Balaban J connectivity index is 2.44. The third-order valence-corrected chi connectivity index (χ3v) is 5.41. The highest BCUT2D eigenvalue weighted by Gasteiger charge is 2.32. The number of carbonyl (C=O) groups excluding carboxylic acids is 1. The van der Waals surface area contributed by atoms with Gasteiger partial charge in [0, 0.05) is 23.6 Å². The Bertz CT molecular complexity index is 757. The first-order chi connectivity index (χ1) is 12.5. The predicted molar refractivity (Wildman–Crippen MR) is 107 cm³/mol. The van der Waals surface area contributed by atoms with Gasteiger partial charge < -0.3 is 10.1 Å². The molecule has 0 aliphatic carbocycles. The number of allylic oxidation sites excluding steroid dienone is 3. The Morgan fingerprint density at radius 3 is 2.54 bits per heavy atom. The highest BCUT2D eigenvalue weighted by molar-refractivity contribution is 8.03. The number of thioether (sulfide) groups is 1. The maximum Gasteiger partial charge on any atom is 0.158 e. The van der Waals surface area contributed by atoms with Crippen LogP contribution in [0.25, 0.3) is 0 Å². The molecule has 138 valence electrons. The van der Waals surface area contributed by atoms with Gasteiger partial charge in [-0.15, -0.1) is 11.8 Å². The van der Waals surface area contributed by atoms with Gasteiger partial charge in [-0.05, 0) is 38.3 Å². The van der Waals surface area contributed by atoms with Crippen LogP contribution in [0.3, 0.4) is 0 Å². The maximum atomic E-state index is 12.3. The highest BCUT2D eigenvalue weighted by atomic mass is 32.2. The number of ether oxygens (including phenoxy) is 1. The van der Waals surface area contributed by atoms with Crippen molar-refractivity contribution in [3.63, 3.8) is 0 Å². The van der Waals surface area contributed by atoms with Crippen LogP contribution in [0.15, 0.2) is 46.1 Å².